The molecule has 1 unspecified atom stereocenters. The van der Waals surface area contributed by atoms with Crippen LogP contribution in [0.4, 0.5) is 8.78 Å². The summed E-state index contributed by atoms with van der Waals surface area (Å²) in [7, 11) is 0. The third kappa shape index (κ3) is 3.31. The SMILES string of the molecule is NNC(c1cc(F)ccc1F)c1cc(Br)ccc1I. The normalized spacial score (nSPS) is 12.5. The minimum absolute atomic E-state index is 0.179. The molecule has 2 aromatic rings. The first-order chi connectivity index (χ1) is 9.02. The van der Waals surface area contributed by atoms with Crippen molar-refractivity contribution < 1.29 is 8.78 Å². The van der Waals surface area contributed by atoms with E-state index in [1.54, 1.807) is 0 Å². The second kappa shape index (κ2) is 6.25. The van der Waals surface area contributed by atoms with Crippen molar-refractivity contribution in [1.82, 2.24) is 5.43 Å². The molecule has 3 N–H and O–H groups in total. The molecular formula is C13H10BrF2IN2. The Hall–Kier alpha value is -0.570. The summed E-state index contributed by atoms with van der Waals surface area (Å²) < 4.78 is 28.9. The molecule has 0 aliphatic heterocycles. The number of hydrazine groups is 1. The maximum absolute atomic E-state index is 13.8. The van der Waals surface area contributed by atoms with Crippen molar-refractivity contribution in [2.24, 2.45) is 5.84 Å². The third-order valence-corrected chi connectivity index (χ3v) is 4.18. The summed E-state index contributed by atoms with van der Waals surface area (Å²) in [5.41, 5.74) is 3.50. The van der Waals surface area contributed by atoms with Gasteiger partial charge < -0.3 is 0 Å². The van der Waals surface area contributed by atoms with E-state index in [1.165, 1.54) is 0 Å². The number of nitrogens with one attached hydrogen (secondary N) is 1. The lowest BCUT2D eigenvalue weighted by Gasteiger charge is -2.19. The Bertz CT molecular complexity index is 556. The summed E-state index contributed by atoms with van der Waals surface area (Å²) in [5, 5.41) is 0. The number of hydrogen-bond donors (Lipinski definition) is 2. The highest BCUT2D eigenvalue weighted by atomic mass is 127. The number of halogens is 4. The number of hydrogen-bond acceptors (Lipinski definition) is 2. The lowest BCUT2D eigenvalue weighted by atomic mass is 9.99. The monoisotopic (exact) mass is 438 g/mol. The van der Waals surface area contributed by atoms with Gasteiger partial charge in [0.25, 0.3) is 0 Å². The summed E-state index contributed by atoms with van der Waals surface area (Å²) in [5.74, 6) is 4.52. The Morgan fingerprint density at radius 1 is 1.11 bits per heavy atom. The predicted octanol–water partition coefficient (Wildman–Crippen LogP) is 3.88. The summed E-state index contributed by atoms with van der Waals surface area (Å²) in [6, 6.07) is 8.30. The van der Waals surface area contributed by atoms with Gasteiger partial charge in [-0.25, -0.2) is 14.2 Å². The molecule has 0 aliphatic rings. The zero-order valence-electron chi connectivity index (χ0n) is 9.63. The lowest BCUT2D eigenvalue weighted by molar-refractivity contribution is 0.544. The van der Waals surface area contributed by atoms with E-state index < -0.39 is 17.7 Å². The van der Waals surface area contributed by atoms with Crippen molar-refractivity contribution in [1.29, 1.82) is 0 Å². The van der Waals surface area contributed by atoms with Gasteiger partial charge in [0.2, 0.25) is 0 Å². The van der Waals surface area contributed by atoms with Crippen molar-refractivity contribution in [2.75, 3.05) is 0 Å². The molecule has 2 nitrogen and oxygen atoms in total. The maximum Gasteiger partial charge on any atom is 0.128 e. The van der Waals surface area contributed by atoms with Crippen LogP contribution in [0.3, 0.4) is 0 Å². The highest BCUT2D eigenvalue weighted by Crippen LogP contribution is 2.30. The quantitative estimate of drug-likeness (QED) is 0.433. The summed E-state index contributed by atoms with van der Waals surface area (Å²) in [6.07, 6.45) is 0. The number of nitrogens with two attached hydrogens (primary N) is 1. The van der Waals surface area contributed by atoms with Gasteiger partial charge in [-0.2, -0.15) is 0 Å². The molecule has 0 spiro atoms. The average Bonchev–Trinajstić information content (AvgIpc) is 2.38. The molecule has 6 heteroatoms. The fraction of sp³-hybridized carbons (Fsp3) is 0.0769. The molecule has 0 aliphatic carbocycles. The van der Waals surface area contributed by atoms with Gasteiger partial charge in [-0.3, -0.25) is 5.84 Å². The van der Waals surface area contributed by atoms with Crippen LogP contribution in [0.5, 0.6) is 0 Å². The molecule has 100 valence electrons. The van der Waals surface area contributed by atoms with E-state index >= 15 is 0 Å². The predicted molar refractivity (Wildman–Crippen MR) is 82.4 cm³/mol. The topological polar surface area (TPSA) is 38.0 Å². The van der Waals surface area contributed by atoms with Crippen LogP contribution in [0.2, 0.25) is 0 Å². The second-order valence-corrected chi connectivity index (χ2v) is 6.01. The standard InChI is InChI=1S/C13H10BrF2IN2/c14-7-1-4-12(17)10(5-7)13(19-18)9-6-8(15)2-3-11(9)16/h1-6,13,19H,18H2. The molecule has 2 rings (SSSR count). The molecular weight excluding hydrogens is 429 g/mol. The van der Waals surface area contributed by atoms with Crippen LogP contribution >= 0.6 is 38.5 Å². The Labute approximate surface area is 131 Å². The third-order valence-electron chi connectivity index (χ3n) is 2.70. The molecule has 0 fully saturated rings. The fourth-order valence-electron chi connectivity index (χ4n) is 1.82. The molecule has 1 atom stereocenters. The van der Waals surface area contributed by atoms with Gasteiger partial charge in [-0.1, -0.05) is 15.9 Å². The summed E-state index contributed by atoms with van der Waals surface area (Å²) >= 11 is 5.49. The van der Waals surface area contributed by atoms with E-state index in [-0.39, 0.29) is 5.56 Å². The first-order valence-corrected chi connectivity index (χ1v) is 7.26. The average molecular weight is 439 g/mol. The van der Waals surface area contributed by atoms with Crippen molar-refractivity contribution in [3.63, 3.8) is 0 Å². The first kappa shape index (κ1) is 14.8. The highest BCUT2D eigenvalue weighted by molar-refractivity contribution is 14.1. The van der Waals surface area contributed by atoms with E-state index in [4.69, 9.17) is 5.84 Å². The van der Waals surface area contributed by atoms with Gasteiger partial charge in [0.1, 0.15) is 11.6 Å². The smallest absolute Gasteiger partial charge is 0.128 e. The van der Waals surface area contributed by atoms with Crippen molar-refractivity contribution in [2.45, 2.75) is 6.04 Å². The zero-order valence-corrected chi connectivity index (χ0v) is 13.4. The van der Waals surface area contributed by atoms with Crippen LogP contribution in [-0.2, 0) is 0 Å². The van der Waals surface area contributed by atoms with E-state index in [1.807, 2.05) is 18.2 Å². The van der Waals surface area contributed by atoms with Gasteiger partial charge in [0.15, 0.2) is 0 Å². The van der Waals surface area contributed by atoms with Crippen LogP contribution in [0.25, 0.3) is 0 Å². The van der Waals surface area contributed by atoms with Crippen molar-refractivity contribution in [3.8, 4) is 0 Å². The van der Waals surface area contributed by atoms with Crippen molar-refractivity contribution in [3.05, 3.63) is 67.2 Å². The van der Waals surface area contributed by atoms with Crippen LogP contribution < -0.4 is 11.3 Å². The largest absolute Gasteiger partial charge is 0.271 e. The molecule has 0 saturated heterocycles. The van der Waals surface area contributed by atoms with E-state index in [2.05, 4.69) is 43.9 Å². The minimum Gasteiger partial charge on any atom is -0.271 e. The Kier molecular flexibility index (Phi) is 4.88. The minimum atomic E-state index is -0.611. The van der Waals surface area contributed by atoms with Gasteiger partial charge in [-0.05, 0) is 64.6 Å². The fourth-order valence-corrected chi connectivity index (χ4v) is 2.84. The van der Waals surface area contributed by atoms with Crippen LogP contribution in [0.15, 0.2) is 40.9 Å². The highest BCUT2D eigenvalue weighted by Gasteiger charge is 2.20. The molecule has 0 radical (unpaired) electrons. The Morgan fingerprint density at radius 3 is 2.53 bits per heavy atom. The maximum atomic E-state index is 13.8. The van der Waals surface area contributed by atoms with E-state index in [0.717, 1.165) is 31.8 Å². The second-order valence-electron chi connectivity index (χ2n) is 3.93. The molecule has 19 heavy (non-hydrogen) atoms. The zero-order chi connectivity index (χ0) is 14.0. The van der Waals surface area contributed by atoms with Gasteiger partial charge in [-0.15, -0.1) is 0 Å². The number of benzene rings is 2. The number of rotatable bonds is 3. The summed E-state index contributed by atoms with van der Waals surface area (Å²) in [6.45, 7) is 0. The molecule has 0 amide bonds. The lowest BCUT2D eigenvalue weighted by Crippen LogP contribution is -2.30. The molecule has 0 saturated carbocycles. The first-order valence-electron chi connectivity index (χ1n) is 5.39. The van der Waals surface area contributed by atoms with Gasteiger partial charge in [0, 0.05) is 13.6 Å². The van der Waals surface area contributed by atoms with Crippen LogP contribution in [-0.4, -0.2) is 0 Å². The Balaban J connectivity index is 2.55. The summed E-state index contributed by atoms with van der Waals surface area (Å²) in [4.78, 5) is 0. The molecule has 2 aromatic carbocycles. The van der Waals surface area contributed by atoms with Gasteiger partial charge in [0.05, 0.1) is 6.04 Å². The van der Waals surface area contributed by atoms with Gasteiger partial charge >= 0.3 is 0 Å². The molecule has 0 bridgehead atoms. The molecule has 0 heterocycles. The van der Waals surface area contributed by atoms with Crippen LogP contribution in [0, 0.1) is 15.2 Å². The van der Waals surface area contributed by atoms with Crippen LogP contribution in [0.1, 0.15) is 17.2 Å². The van der Waals surface area contributed by atoms with Crippen molar-refractivity contribution >= 4 is 38.5 Å². The van der Waals surface area contributed by atoms with E-state index in [9.17, 15) is 8.78 Å². The van der Waals surface area contributed by atoms with E-state index in [0.29, 0.717) is 0 Å². The Morgan fingerprint density at radius 2 is 1.84 bits per heavy atom. The molecule has 0 aromatic heterocycles.